The number of hydrogen-bond acceptors (Lipinski definition) is 4. The van der Waals surface area contributed by atoms with Crippen LogP contribution in [-0.2, 0) is 32.6 Å². The van der Waals surface area contributed by atoms with Crippen molar-refractivity contribution in [2.75, 3.05) is 17.1 Å². The largest absolute Gasteiger partial charge is 0.352 e. The molecule has 1 aliphatic rings. The van der Waals surface area contributed by atoms with Crippen LogP contribution in [0.2, 0.25) is 10.0 Å². The predicted octanol–water partition coefficient (Wildman–Crippen LogP) is 5.46. The third-order valence-electron chi connectivity index (χ3n) is 7.03. The van der Waals surface area contributed by atoms with Crippen LogP contribution < -0.4 is 9.62 Å². The number of benzene rings is 3. The van der Waals surface area contributed by atoms with Crippen LogP contribution in [0, 0.1) is 0 Å². The number of nitrogens with one attached hydrogen (secondary N) is 1. The first-order valence-corrected chi connectivity index (χ1v) is 15.8. The third-order valence-corrected chi connectivity index (χ3v) is 8.91. The Bertz CT molecular complexity index is 1420. The Morgan fingerprint density at radius 2 is 1.52 bits per heavy atom. The summed E-state index contributed by atoms with van der Waals surface area (Å²) in [7, 11) is -3.81. The number of amides is 2. The van der Waals surface area contributed by atoms with Crippen LogP contribution in [-0.4, -0.2) is 50.0 Å². The molecule has 0 bridgehead atoms. The number of anilines is 1. The fraction of sp³-hybridized carbons (Fsp3) is 0.333. The zero-order chi connectivity index (χ0) is 28.7. The second kappa shape index (κ2) is 13.5. The standard InChI is InChI=1S/C30H33Cl2N3O4S/c1-40(38,39)35(25-14-6-3-7-15-25)21-29(36)34(20-23-16-17-26(31)27(32)18-23)28(19-22-10-4-2-5-11-22)30(37)33-24-12-8-9-13-24/h2-7,10-11,14-18,24,28H,8-9,12-13,19-21H2,1H3,(H,33,37). The van der Waals surface area contributed by atoms with E-state index in [1.807, 2.05) is 30.3 Å². The molecule has 1 saturated carbocycles. The van der Waals surface area contributed by atoms with Crippen LogP contribution in [0.15, 0.2) is 78.9 Å². The Labute approximate surface area is 246 Å². The molecule has 0 radical (unpaired) electrons. The minimum atomic E-state index is -3.81. The van der Waals surface area contributed by atoms with Gasteiger partial charge < -0.3 is 10.2 Å². The van der Waals surface area contributed by atoms with Gasteiger partial charge in [0.1, 0.15) is 12.6 Å². The maximum absolute atomic E-state index is 14.1. The molecule has 0 spiro atoms. The maximum Gasteiger partial charge on any atom is 0.244 e. The van der Waals surface area contributed by atoms with Crippen molar-refractivity contribution in [3.8, 4) is 0 Å². The lowest BCUT2D eigenvalue weighted by Crippen LogP contribution is -2.54. The predicted molar refractivity (Wildman–Crippen MR) is 160 cm³/mol. The molecule has 3 aromatic rings. The van der Waals surface area contributed by atoms with Gasteiger partial charge in [0.15, 0.2) is 0 Å². The van der Waals surface area contributed by atoms with E-state index >= 15 is 0 Å². The molecule has 0 heterocycles. The molecule has 1 N–H and O–H groups in total. The van der Waals surface area contributed by atoms with E-state index in [-0.39, 0.29) is 24.9 Å². The first-order chi connectivity index (χ1) is 19.1. The van der Waals surface area contributed by atoms with E-state index in [4.69, 9.17) is 23.2 Å². The summed E-state index contributed by atoms with van der Waals surface area (Å²) in [5.74, 6) is -0.780. The molecule has 0 saturated heterocycles. The quantitative estimate of drug-likeness (QED) is 0.316. The molecule has 1 atom stereocenters. The number of sulfonamides is 1. The summed E-state index contributed by atoms with van der Waals surface area (Å²) in [6.07, 6.45) is 5.18. The molecule has 1 fully saturated rings. The van der Waals surface area contributed by atoms with Crippen molar-refractivity contribution in [1.82, 2.24) is 10.2 Å². The van der Waals surface area contributed by atoms with Crippen molar-refractivity contribution in [3.05, 3.63) is 100 Å². The topological polar surface area (TPSA) is 86.8 Å². The van der Waals surface area contributed by atoms with E-state index in [0.717, 1.165) is 41.8 Å². The van der Waals surface area contributed by atoms with Crippen LogP contribution in [0.4, 0.5) is 5.69 Å². The number of carbonyl (C=O) groups is 2. The van der Waals surface area contributed by atoms with Gasteiger partial charge in [0.25, 0.3) is 0 Å². The summed E-state index contributed by atoms with van der Waals surface area (Å²) in [6.45, 7) is -0.427. The van der Waals surface area contributed by atoms with Gasteiger partial charge in [-0.05, 0) is 48.2 Å². The second-order valence-corrected chi connectivity index (χ2v) is 12.8. The third kappa shape index (κ3) is 7.99. The molecule has 40 heavy (non-hydrogen) atoms. The highest BCUT2D eigenvalue weighted by Gasteiger charge is 2.34. The molecule has 1 aliphatic carbocycles. The van der Waals surface area contributed by atoms with Gasteiger partial charge >= 0.3 is 0 Å². The van der Waals surface area contributed by atoms with Crippen LogP contribution in [0.5, 0.6) is 0 Å². The number of rotatable bonds is 11. The van der Waals surface area contributed by atoms with Crippen LogP contribution in [0.25, 0.3) is 0 Å². The smallest absolute Gasteiger partial charge is 0.244 e. The fourth-order valence-corrected chi connectivity index (χ4v) is 6.13. The van der Waals surface area contributed by atoms with Gasteiger partial charge in [0.2, 0.25) is 21.8 Å². The summed E-state index contributed by atoms with van der Waals surface area (Å²) in [4.78, 5) is 29.4. The Kier molecular flexibility index (Phi) is 10.1. The second-order valence-electron chi connectivity index (χ2n) is 10.1. The molecule has 0 aliphatic heterocycles. The zero-order valence-corrected chi connectivity index (χ0v) is 24.6. The van der Waals surface area contributed by atoms with Gasteiger partial charge in [-0.25, -0.2) is 8.42 Å². The van der Waals surface area contributed by atoms with Gasteiger partial charge in [-0.1, -0.05) is 90.6 Å². The molecular formula is C30H33Cl2N3O4S. The average Bonchev–Trinajstić information content (AvgIpc) is 3.44. The normalized spacial score (nSPS) is 14.5. The van der Waals surface area contributed by atoms with E-state index in [0.29, 0.717) is 21.3 Å². The average molecular weight is 603 g/mol. The van der Waals surface area contributed by atoms with E-state index in [2.05, 4.69) is 5.32 Å². The van der Waals surface area contributed by atoms with Gasteiger partial charge in [0, 0.05) is 19.0 Å². The first kappa shape index (κ1) is 29.9. The number of carbonyl (C=O) groups excluding carboxylic acids is 2. The lowest BCUT2D eigenvalue weighted by Gasteiger charge is -2.34. The number of hydrogen-bond donors (Lipinski definition) is 1. The number of halogens is 2. The lowest BCUT2D eigenvalue weighted by atomic mass is 10.0. The van der Waals surface area contributed by atoms with Gasteiger partial charge in [-0.3, -0.25) is 13.9 Å². The summed E-state index contributed by atoms with van der Waals surface area (Å²) in [5, 5.41) is 3.84. The van der Waals surface area contributed by atoms with Gasteiger partial charge in [-0.2, -0.15) is 0 Å². The van der Waals surface area contributed by atoms with E-state index in [9.17, 15) is 18.0 Å². The molecule has 3 aromatic carbocycles. The van der Waals surface area contributed by atoms with E-state index in [1.165, 1.54) is 4.90 Å². The van der Waals surface area contributed by atoms with Crippen LogP contribution >= 0.6 is 23.2 Å². The highest BCUT2D eigenvalue weighted by Crippen LogP contribution is 2.26. The molecule has 2 amide bonds. The molecule has 7 nitrogen and oxygen atoms in total. The van der Waals surface area contributed by atoms with Crippen LogP contribution in [0.3, 0.4) is 0 Å². The number of para-hydroxylation sites is 1. The molecule has 1 unspecified atom stereocenters. The van der Waals surface area contributed by atoms with Gasteiger partial charge in [0.05, 0.1) is 22.0 Å². The molecule has 0 aromatic heterocycles. The van der Waals surface area contributed by atoms with Crippen molar-refractivity contribution < 1.29 is 18.0 Å². The van der Waals surface area contributed by atoms with Crippen molar-refractivity contribution >= 4 is 50.7 Å². The number of nitrogens with zero attached hydrogens (tertiary/aromatic N) is 2. The zero-order valence-electron chi connectivity index (χ0n) is 22.3. The van der Waals surface area contributed by atoms with Crippen LogP contribution in [0.1, 0.15) is 36.8 Å². The minimum Gasteiger partial charge on any atom is -0.352 e. The summed E-state index contributed by atoms with van der Waals surface area (Å²) in [5.41, 5.74) is 1.91. The minimum absolute atomic E-state index is 0.0394. The Balaban J connectivity index is 1.73. The SMILES string of the molecule is CS(=O)(=O)N(CC(=O)N(Cc1ccc(Cl)c(Cl)c1)C(Cc1ccccc1)C(=O)NC1CCCC1)c1ccccc1. The van der Waals surface area contributed by atoms with Crippen molar-refractivity contribution in [1.29, 1.82) is 0 Å². The molecular weight excluding hydrogens is 569 g/mol. The van der Waals surface area contributed by atoms with Crippen molar-refractivity contribution in [2.24, 2.45) is 0 Å². The Morgan fingerprint density at radius 3 is 2.12 bits per heavy atom. The van der Waals surface area contributed by atoms with E-state index in [1.54, 1.807) is 48.5 Å². The highest BCUT2D eigenvalue weighted by atomic mass is 35.5. The van der Waals surface area contributed by atoms with E-state index < -0.39 is 28.5 Å². The van der Waals surface area contributed by atoms with Crippen molar-refractivity contribution in [3.63, 3.8) is 0 Å². The summed E-state index contributed by atoms with van der Waals surface area (Å²) < 4.78 is 26.7. The maximum atomic E-state index is 14.1. The summed E-state index contributed by atoms with van der Waals surface area (Å²) >= 11 is 12.4. The Morgan fingerprint density at radius 1 is 0.900 bits per heavy atom. The van der Waals surface area contributed by atoms with Crippen molar-refractivity contribution in [2.45, 2.75) is 50.7 Å². The van der Waals surface area contributed by atoms with Gasteiger partial charge in [-0.15, -0.1) is 0 Å². The molecule has 212 valence electrons. The summed E-state index contributed by atoms with van der Waals surface area (Å²) in [6, 6.07) is 22.1. The Hall–Kier alpha value is -3.07. The first-order valence-electron chi connectivity index (χ1n) is 13.2. The molecule has 10 heteroatoms. The monoisotopic (exact) mass is 601 g/mol. The highest BCUT2D eigenvalue weighted by molar-refractivity contribution is 7.92. The fourth-order valence-electron chi connectivity index (χ4n) is 4.96. The molecule has 4 rings (SSSR count). The lowest BCUT2D eigenvalue weighted by molar-refractivity contribution is -0.140.